The summed E-state index contributed by atoms with van der Waals surface area (Å²) in [5, 5.41) is 8.41. The zero-order valence-corrected chi connectivity index (χ0v) is 9.77. The molecule has 1 atom stereocenters. The number of rotatable bonds is 7. The summed E-state index contributed by atoms with van der Waals surface area (Å²) in [5.41, 5.74) is -0.515. The van der Waals surface area contributed by atoms with Crippen molar-refractivity contribution < 1.29 is 27.9 Å². The number of carboxylic acid groups (broad SMARTS) is 1. The van der Waals surface area contributed by atoms with Crippen molar-refractivity contribution in [1.29, 1.82) is 0 Å². The first kappa shape index (κ1) is 13.5. The van der Waals surface area contributed by atoms with E-state index < -0.39 is 27.1 Å². The SMILES string of the molecule is CO[Si](OC)(OC)C(C)OCC(=O)O. The van der Waals surface area contributed by atoms with Gasteiger partial charge in [0.05, 0.1) is 0 Å². The molecule has 0 saturated carbocycles. The summed E-state index contributed by atoms with van der Waals surface area (Å²) >= 11 is 0. The van der Waals surface area contributed by atoms with Gasteiger partial charge in [0, 0.05) is 21.3 Å². The summed E-state index contributed by atoms with van der Waals surface area (Å²) in [6, 6.07) is 0. The standard InChI is InChI=1S/C7H16O6Si/c1-6(13-5-7(8)9)14(10-2,11-3)12-4/h6H,5H2,1-4H3,(H,8,9). The average molecular weight is 224 g/mol. The Labute approximate surface area is 84.1 Å². The number of carbonyl (C=O) groups is 1. The minimum Gasteiger partial charge on any atom is -0.480 e. The fourth-order valence-corrected chi connectivity index (χ4v) is 2.83. The summed E-state index contributed by atoms with van der Waals surface area (Å²) in [4.78, 5) is 10.3. The van der Waals surface area contributed by atoms with Gasteiger partial charge in [-0.25, -0.2) is 4.79 Å². The van der Waals surface area contributed by atoms with E-state index in [1.807, 2.05) is 0 Å². The number of hydrogen-bond acceptors (Lipinski definition) is 5. The van der Waals surface area contributed by atoms with Gasteiger partial charge in [-0.1, -0.05) is 0 Å². The molecule has 1 N–H and O–H groups in total. The largest absolute Gasteiger partial charge is 0.530 e. The molecular weight excluding hydrogens is 208 g/mol. The van der Waals surface area contributed by atoms with Gasteiger partial charge in [-0.15, -0.1) is 0 Å². The van der Waals surface area contributed by atoms with E-state index in [9.17, 15) is 4.79 Å². The molecule has 0 fully saturated rings. The highest BCUT2D eigenvalue weighted by Crippen LogP contribution is 2.14. The molecule has 84 valence electrons. The lowest BCUT2D eigenvalue weighted by atomic mass is 10.7. The topological polar surface area (TPSA) is 74.2 Å². The van der Waals surface area contributed by atoms with Gasteiger partial charge in [-0.2, -0.15) is 0 Å². The highest BCUT2D eigenvalue weighted by molar-refractivity contribution is 6.61. The molecule has 0 amide bonds. The minimum atomic E-state index is -2.87. The lowest BCUT2D eigenvalue weighted by Gasteiger charge is -2.29. The Kier molecular flexibility index (Phi) is 5.89. The Bertz CT molecular complexity index is 173. The van der Waals surface area contributed by atoms with Crippen LogP contribution in [0.1, 0.15) is 6.92 Å². The molecule has 0 rings (SSSR count). The molecule has 0 radical (unpaired) electrons. The highest BCUT2D eigenvalue weighted by atomic mass is 28.4. The van der Waals surface area contributed by atoms with Crippen molar-refractivity contribution in [3.8, 4) is 0 Å². The predicted molar refractivity (Wildman–Crippen MR) is 49.8 cm³/mol. The first-order valence-corrected chi connectivity index (χ1v) is 5.81. The van der Waals surface area contributed by atoms with Crippen molar-refractivity contribution in [2.45, 2.75) is 12.7 Å². The molecule has 0 aliphatic carbocycles. The second kappa shape index (κ2) is 6.09. The average Bonchev–Trinajstić information content (AvgIpc) is 2.18. The molecule has 0 aromatic heterocycles. The van der Waals surface area contributed by atoms with Crippen LogP contribution >= 0.6 is 0 Å². The Morgan fingerprint density at radius 3 is 2.00 bits per heavy atom. The van der Waals surface area contributed by atoms with Gasteiger partial charge in [0.1, 0.15) is 12.3 Å². The zero-order valence-electron chi connectivity index (χ0n) is 8.77. The summed E-state index contributed by atoms with van der Waals surface area (Å²) in [6.45, 7) is 1.26. The molecule has 0 aliphatic heterocycles. The van der Waals surface area contributed by atoms with Crippen LogP contribution in [0.2, 0.25) is 0 Å². The van der Waals surface area contributed by atoms with Crippen molar-refractivity contribution in [2.24, 2.45) is 0 Å². The van der Waals surface area contributed by atoms with E-state index in [1.54, 1.807) is 6.92 Å². The Morgan fingerprint density at radius 1 is 1.29 bits per heavy atom. The lowest BCUT2D eigenvalue weighted by Crippen LogP contribution is -2.54. The minimum absolute atomic E-state index is 0.397. The Hall–Kier alpha value is -0.473. The third-order valence-electron chi connectivity index (χ3n) is 1.81. The summed E-state index contributed by atoms with van der Waals surface area (Å²) < 4.78 is 20.3. The molecule has 0 aromatic rings. The second-order valence-corrected chi connectivity index (χ2v) is 5.81. The van der Waals surface area contributed by atoms with Crippen LogP contribution in [-0.4, -0.2) is 53.5 Å². The van der Waals surface area contributed by atoms with Crippen LogP contribution in [-0.2, 0) is 22.8 Å². The van der Waals surface area contributed by atoms with Gasteiger partial charge < -0.3 is 23.1 Å². The zero-order chi connectivity index (χ0) is 11.2. The van der Waals surface area contributed by atoms with E-state index in [0.29, 0.717) is 0 Å². The number of carboxylic acids is 1. The third-order valence-corrected chi connectivity index (χ3v) is 4.68. The molecule has 0 saturated heterocycles. The molecule has 0 aromatic carbocycles. The smallest absolute Gasteiger partial charge is 0.480 e. The van der Waals surface area contributed by atoms with Crippen molar-refractivity contribution in [3.63, 3.8) is 0 Å². The Morgan fingerprint density at radius 2 is 1.71 bits per heavy atom. The van der Waals surface area contributed by atoms with E-state index >= 15 is 0 Å². The molecule has 0 aliphatic rings. The molecule has 0 spiro atoms. The van der Waals surface area contributed by atoms with E-state index in [4.69, 9.17) is 23.1 Å². The van der Waals surface area contributed by atoms with Crippen LogP contribution in [0.5, 0.6) is 0 Å². The maximum atomic E-state index is 10.3. The van der Waals surface area contributed by atoms with E-state index in [1.165, 1.54) is 21.3 Å². The van der Waals surface area contributed by atoms with Crippen molar-refractivity contribution >= 4 is 14.8 Å². The summed E-state index contributed by atoms with van der Waals surface area (Å²) in [7, 11) is 1.46. The number of hydrogen-bond donors (Lipinski definition) is 1. The van der Waals surface area contributed by atoms with Crippen LogP contribution in [0.3, 0.4) is 0 Å². The van der Waals surface area contributed by atoms with Crippen LogP contribution in [0, 0.1) is 0 Å². The maximum absolute atomic E-state index is 10.3. The monoisotopic (exact) mass is 224 g/mol. The highest BCUT2D eigenvalue weighted by Gasteiger charge is 2.46. The summed E-state index contributed by atoms with van der Waals surface area (Å²) in [5.74, 6) is -1.04. The van der Waals surface area contributed by atoms with Gasteiger partial charge in [0.25, 0.3) is 0 Å². The van der Waals surface area contributed by atoms with E-state index in [0.717, 1.165) is 0 Å². The van der Waals surface area contributed by atoms with Crippen LogP contribution < -0.4 is 0 Å². The predicted octanol–water partition coefficient (Wildman–Crippen LogP) is -0.107. The first-order valence-electron chi connectivity index (χ1n) is 4.01. The fraction of sp³-hybridized carbons (Fsp3) is 0.857. The molecule has 14 heavy (non-hydrogen) atoms. The van der Waals surface area contributed by atoms with E-state index in [-0.39, 0.29) is 0 Å². The van der Waals surface area contributed by atoms with Gasteiger partial charge in [0.2, 0.25) is 0 Å². The lowest BCUT2D eigenvalue weighted by molar-refractivity contribution is -0.143. The second-order valence-electron chi connectivity index (χ2n) is 2.56. The third kappa shape index (κ3) is 3.35. The van der Waals surface area contributed by atoms with Gasteiger partial charge >= 0.3 is 14.8 Å². The van der Waals surface area contributed by atoms with Gasteiger partial charge in [-0.3, -0.25) is 0 Å². The molecule has 0 bridgehead atoms. The summed E-state index contributed by atoms with van der Waals surface area (Å²) in [6.07, 6.45) is 0. The molecule has 0 heterocycles. The molecule has 1 unspecified atom stereocenters. The first-order chi connectivity index (χ1) is 6.52. The normalized spacial score (nSPS) is 14.0. The van der Waals surface area contributed by atoms with Gasteiger partial charge in [0.15, 0.2) is 0 Å². The van der Waals surface area contributed by atoms with E-state index in [2.05, 4.69) is 0 Å². The molecule has 7 heteroatoms. The quantitative estimate of drug-likeness (QED) is 0.608. The molecule has 6 nitrogen and oxygen atoms in total. The maximum Gasteiger partial charge on any atom is 0.530 e. The number of ether oxygens (including phenoxy) is 1. The number of aliphatic carboxylic acids is 1. The van der Waals surface area contributed by atoms with Gasteiger partial charge in [-0.05, 0) is 6.92 Å². The van der Waals surface area contributed by atoms with Crippen molar-refractivity contribution in [1.82, 2.24) is 0 Å². The fourth-order valence-electron chi connectivity index (χ4n) is 1.05. The van der Waals surface area contributed by atoms with Crippen molar-refractivity contribution in [3.05, 3.63) is 0 Å². The van der Waals surface area contributed by atoms with Crippen LogP contribution in [0.4, 0.5) is 0 Å². The van der Waals surface area contributed by atoms with Crippen LogP contribution in [0.25, 0.3) is 0 Å². The van der Waals surface area contributed by atoms with Crippen LogP contribution in [0.15, 0.2) is 0 Å². The molecular formula is C7H16O6Si. The van der Waals surface area contributed by atoms with Crippen molar-refractivity contribution in [2.75, 3.05) is 27.9 Å². The Balaban J connectivity index is 4.28.